The topological polar surface area (TPSA) is 0 Å². The smallest absolute Gasteiger partial charge is 0.142 e. The van der Waals surface area contributed by atoms with Crippen LogP contribution in [-0.4, -0.2) is 0 Å². The summed E-state index contributed by atoms with van der Waals surface area (Å²) in [5, 5.41) is 2.56. The SMILES string of the molecule is CCCCc1ccc2cc(-c3ccc(Cl)c(F)c3)ccc2c1. The van der Waals surface area contributed by atoms with E-state index in [1.54, 1.807) is 6.07 Å². The molecule has 0 atom stereocenters. The lowest BCUT2D eigenvalue weighted by molar-refractivity contribution is 0.629. The molecule has 0 bridgehead atoms. The number of aryl methyl sites for hydroxylation is 1. The van der Waals surface area contributed by atoms with Gasteiger partial charge in [-0.1, -0.05) is 61.3 Å². The van der Waals surface area contributed by atoms with Crippen molar-refractivity contribution < 1.29 is 4.39 Å². The van der Waals surface area contributed by atoms with Crippen LogP contribution in [0.2, 0.25) is 5.02 Å². The second-order valence-corrected chi connectivity index (χ2v) is 6.04. The second kappa shape index (κ2) is 6.50. The first kappa shape index (κ1) is 15.1. The zero-order valence-electron chi connectivity index (χ0n) is 12.6. The standard InChI is InChI=1S/C20H18ClF/c1-2-3-4-14-5-6-16-12-17(8-7-15(16)11-14)18-9-10-19(21)20(22)13-18/h5-13H,2-4H2,1H3. The highest BCUT2D eigenvalue weighted by atomic mass is 35.5. The maximum Gasteiger partial charge on any atom is 0.142 e. The van der Waals surface area contributed by atoms with Crippen molar-refractivity contribution in [2.75, 3.05) is 0 Å². The van der Waals surface area contributed by atoms with Crippen molar-refractivity contribution >= 4 is 22.4 Å². The zero-order valence-corrected chi connectivity index (χ0v) is 13.3. The van der Waals surface area contributed by atoms with E-state index in [2.05, 4.69) is 37.3 Å². The molecule has 0 fully saturated rings. The van der Waals surface area contributed by atoms with Crippen molar-refractivity contribution in [1.29, 1.82) is 0 Å². The van der Waals surface area contributed by atoms with Crippen LogP contribution in [0.5, 0.6) is 0 Å². The van der Waals surface area contributed by atoms with Gasteiger partial charge in [0, 0.05) is 0 Å². The van der Waals surface area contributed by atoms with Gasteiger partial charge in [0.05, 0.1) is 5.02 Å². The molecule has 0 radical (unpaired) electrons. The van der Waals surface area contributed by atoms with Gasteiger partial charge in [-0.15, -0.1) is 0 Å². The van der Waals surface area contributed by atoms with Gasteiger partial charge in [0.15, 0.2) is 0 Å². The van der Waals surface area contributed by atoms with E-state index in [0.29, 0.717) is 0 Å². The first-order chi connectivity index (χ1) is 10.7. The van der Waals surface area contributed by atoms with Gasteiger partial charge in [-0.25, -0.2) is 4.39 Å². The molecule has 3 aromatic carbocycles. The Kier molecular flexibility index (Phi) is 4.44. The number of unbranched alkanes of at least 4 members (excludes halogenated alkanes) is 1. The van der Waals surface area contributed by atoms with Crippen molar-refractivity contribution in [2.24, 2.45) is 0 Å². The molecular weight excluding hydrogens is 295 g/mol. The summed E-state index contributed by atoms with van der Waals surface area (Å²) in [4.78, 5) is 0. The number of fused-ring (bicyclic) bond motifs is 1. The monoisotopic (exact) mass is 312 g/mol. The van der Waals surface area contributed by atoms with Crippen LogP contribution in [0, 0.1) is 5.82 Å². The van der Waals surface area contributed by atoms with E-state index in [9.17, 15) is 4.39 Å². The molecule has 0 aliphatic carbocycles. The summed E-state index contributed by atoms with van der Waals surface area (Å²) in [5.41, 5.74) is 3.22. The van der Waals surface area contributed by atoms with Gasteiger partial charge in [-0.3, -0.25) is 0 Å². The normalized spacial score (nSPS) is 11.0. The Hall–Kier alpha value is -1.86. The Balaban J connectivity index is 1.97. The van der Waals surface area contributed by atoms with E-state index in [-0.39, 0.29) is 10.8 Å². The lowest BCUT2D eigenvalue weighted by atomic mass is 9.98. The molecule has 3 rings (SSSR count). The molecule has 2 heteroatoms. The number of rotatable bonds is 4. The highest BCUT2D eigenvalue weighted by molar-refractivity contribution is 6.30. The number of benzene rings is 3. The molecule has 0 spiro atoms. The Labute approximate surface area is 135 Å². The van der Waals surface area contributed by atoms with Crippen LogP contribution in [0.1, 0.15) is 25.3 Å². The highest BCUT2D eigenvalue weighted by Gasteiger charge is 2.05. The fourth-order valence-electron chi connectivity index (χ4n) is 2.69. The maximum absolute atomic E-state index is 13.6. The van der Waals surface area contributed by atoms with E-state index < -0.39 is 0 Å². The van der Waals surface area contributed by atoms with Gasteiger partial charge in [-0.05, 0) is 58.5 Å². The van der Waals surface area contributed by atoms with Crippen molar-refractivity contribution in [3.8, 4) is 11.1 Å². The molecule has 0 amide bonds. The third kappa shape index (κ3) is 3.15. The van der Waals surface area contributed by atoms with E-state index in [1.165, 1.54) is 35.2 Å². The summed E-state index contributed by atoms with van der Waals surface area (Å²) < 4.78 is 13.6. The molecule has 0 aliphatic rings. The van der Waals surface area contributed by atoms with Crippen LogP contribution in [0.4, 0.5) is 4.39 Å². The van der Waals surface area contributed by atoms with Crippen molar-refractivity contribution in [3.05, 3.63) is 71.0 Å². The maximum atomic E-state index is 13.6. The van der Waals surface area contributed by atoms with Crippen molar-refractivity contribution in [3.63, 3.8) is 0 Å². The van der Waals surface area contributed by atoms with E-state index in [1.807, 2.05) is 12.1 Å². The molecule has 0 nitrogen and oxygen atoms in total. The number of halogens is 2. The summed E-state index contributed by atoms with van der Waals surface area (Å²) >= 11 is 5.75. The van der Waals surface area contributed by atoms with Gasteiger partial charge >= 0.3 is 0 Å². The first-order valence-corrected chi connectivity index (χ1v) is 8.03. The summed E-state index contributed by atoms with van der Waals surface area (Å²) in [6.07, 6.45) is 3.54. The van der Waals surface area contributed by atoms with Gasteiger partial charge in [0.2, 0.25) is 0 Å². The quantitative estimate of drug-likeness (QED) is 0.506. The van der Waals surface area contributed by atoms with Crippen LogP contribution < -0.4 is 0 Å². The van der Waals surface area contributed by atoms with Crippen LogP contribution in [0.25, 0.3) is 21.9 Å². The number of hydrogen-bond donors (Lipinski definition) is 0. The average molecular weight is 313 g/mol. The molecule has 0 heterocycles. The Morgan fingerprint density at radius 3 is 2.32 bits per heavy atom. The van der Waals surface area contributed by atoms with Crippen molar-refractivity contribution in [1.82, 2.24) is 0 Å². The van der Waals surface area contributed by atoms with Crippen LogP contribution in [-0.2, 0) is 6.42 Å². The van der Waals surface area contributed by atoms with E-state index in [0.717, 1.165) is 17.5 Å². The molecule has 0 saturated carbocycles. The first-order valence-electron chi connectivity index (χ1n) is 7.65. The van der Waals surface area contributed by atoms with E-state index in [4.69, 9.17) is 11.6 Å². The predicted octanol–water partition coefficient (Wildman–Crippen LogP) is 6.64. The van der Waals surface area contributed by atoms with Crippen LogP contribution in [0.3, 0.4) is 0 Å². The van der Waals surface area contributed by atoms with Crippen LogP contribution in [0.15, 0.2) is 54.6 Å². The predicted molar refractivity (Wildman–Crippen MR) is 93.0 cm³/mol. The second-order valence-electron chi connectivity index (χ2n) is 5.63. The summed E-state index contributed by atoms with van der Waals surface area (Å²) in [6.45, 7) is 2.21. The van der Waals surface area contributed by atoms with Gasteiger partial charge in [0.25, 0.3) is 0 Å². The third-order valence-electron chi connectivity index (χ3n) is 3.98. The molecule has 3 aromatic rings. The average Bonchev–Trinajstić information content (AvgIpc) is 2.55. The third-order valence-corrected chi connectivity index (χ3v) is 4.28. The number of hydrogen-bond acceptors (Lipinski definition) is 0. The molecule has 0 N–H and O–H groups in total. The van der Waals surface area contributed by atoms with E-state index >= 15 is 0 Å². The summed E-state index contributed by atoms with van der Waals surface area (Å²) in [6, 6.07) is 17.8. The molecule has 0 unspecified atom stereocenters. The minimum absolute atomic E-state index is 0.158. The van der Waals surface area contributed by atoms with Gasteiger partial charge in [-0.2, -0.15) is 0 Å². The molecule has 0 aliphatic heterocycles. The van der Waals surface area contributed by atoms with Crippen LogP contribution >= 0.6 is 11.6 Å². The summed E-state index contributed by atoms with van der Waals surface area (Å²) in [7, 11) is 0. The molecule has 0 aromatic heterocycles. The largest absolute Gasteiger partial charge is 0.205 e. The zero-order chi connectivity index (χ0) is 15.5. The van der Waals surface area contributed by atoms with Gasteiger partial charge in [0.1, 0.15) is 5.82 Å². The molecule has 0 saturated heterocycles. The minimum Gasteiger partial charge on any atom is -0.205 e. The Morgan fingerprint density at radius 1 is 0.864 bits per heavy atom. The highest BCUT2D eigenvalue weighted by Crippen LogP contribution is 2.28. The fraction of sp³-hybridized carbons (Fsp3) is 0.200. The summed E-state index contributed by atoms with van der Waals surface area (Å²) in [5.74, 6) is -0.380. The molecule has 112 valence electrons. The molecular formula is C20H18ClF. The lowest BCUT2D eigenvalue weighted by Gasteiger charge is -2.07. The Bertz CT molecular complexity index is 808. The molecule has 22 heavy (non-hydrogen) atoms. The minimum atomic E-state index is -0.380. The van der Waals surface area contributed by atoms with Gasteiger partial charge < -0.3 is 0 Å². The lowest BCUT2D eigenvalue weighted by Crippen LogP contribution is -1.86. The van der Waals surface area contributed by atoms with Crippen molar-refractivity contribution in [2.45, 2.75) is 26.2 Å². The fourth-order valence-corrected chi connectivity index (χ4v) is 2.80. The Morgan fingerprint density at radius 2 is 1.55 bits per heavy atom.